The molecular formula is C15H26N2O2S. The van der Waals surface area contributed by atoms with E-state index >= 15 is 0 Å². The van der Waals surface area contributed by atoms with Gasteiger partial charge >= 0.3 is 5.97 Å². The van der Waals surface area contributed by atoms with Crippen molar-refractivity contribution < 1.29 is 9.90 Å². The molecule has 0 fully saturated rings. The molecule has 0 aliphatic carbocycles. The van der Waals surface area contributed by atoms with Gasteiger partial charge in [0.05, 0.1) is 5.75 Å². The van der Waals surface area contributed by atoms with Crippen LogP contribution in [0.1, 0.15) is 47.2 Å². The van der Waals surface area contributed by atoms with Crippen LogP contribution in [0.3, 0.4) is 0 Å². The van der Waals surface area contributed by atoms with Gasteiger partial charge in [0.1, 0.15) is 0 Å². The molecule has 0 aliphatic rings. The van der Waals surface area contributed by atoms with Crippen molar-refractivity contribution in [1.29, 1.82) is 0 Å². The van der Waals surface area contributed by atoms with E-state index in [0.717, 1.165) is 17.4 Å². The van der Waals surface area contributed by atoms with Crippen LogP contribution in [0.4, 0.5) is 0 Å². The number of carboxylic acids is 1. The highest BCUT2D eigenvalue weighted by Gasteiger charge is 2.23. The zero-order valence-electron chi connectivity index (χ0n) is 13.3. The van der Waals surface area contributed by atoms with E-state index < -0.39 is 5.97 Å². The van der Waals surface area contributed by atoms with Crippen LogP contribution in [-0.4, -0.2) is 26.4 Å². The Kier molecular flexibility index (Phi) is 5.68. The molecular weight excluding hydrogens is 272 g/mol. The highest BCUT2D eigenvalue weighted by atomic mass is 32.2. The molecule has 0 bridgehead atoms. The first-order chi connectivity index (χ1) is 9.12. The fourth-order valence-corrected chi connectivity index (χ4v) is 2.58. The van der Waals surface area contributed by atoms with Crippen LogP contribution in [0, 0.1) is 11.8 Å². The molecule has 0 aromatic carbocycles. The molecule has 1 aromatic rings. The summed E-state index contributed by atoms with van der Waals surface area (Å²) in [6.45, 7) is 14.0. The van der Waals surface area contributed by atoms with Crippen LogP contribution < -0.4 is 0 Å². The Morgan fingerprint density at radius 2 is 2.00 bits per heavy atom. The van der Waals surface area contributed by atoms with E-state index in [1.165, 1.54) is 11.8 Å². The minimum Gasteiger partial charge on any atom is -0.481 e. The predicted molar refractivity (Wildman–Crippen MR) is 83.3 cm³/mol. The molecule has 1 heterocycles. The maximum absolute atomic E-state index is 10.8. The van der Waals surface area contributed by atoms with Gasteiger partial charge in [0.2, 0.25) is 0 Å². The molecule has 114 valence electrons. The van der Waals surface area contributed by atoms with Crippen molar-refractivity contribution in [3.63, 3.8) is 0 Å². The van der Waals surface area contributed by atoms with Crippen molar-refractivity contribution in [2.45, 2.75) is 58.7 Å². The van der Waals surface area contributed by atoms with Gasteiger partial charge in [0.25, 0.3) is 0 Å². The number of imidazole rings is 1. The van der Waals surface area contributed by atoms with Crippen LogP contribution in [-0.2, 0) is 16.8 Å². The summed E-state index contributed by atoms with van der Waals surface area (Å²) in [6.07, 6.45) is 1.89. The Bertz CT molecular complexity index is 461. The lowest BCUT2D eigenvalue weighted by Crippen LogP contribution is -2.22. The van der Waals surface area contributed by atoms with Gasteiger partial charge in [0.15, 0.2) is 5.16 Å². The van der Waals surface area contributed by atoms with Crippen LogP contribution >= 0.6 is 11.8 Å². The van der Waals surface area contributed by atoms with Crippen molar-refractivity contribution >= 4 is 17.7 Å². The molecule has 1 N–H and O–H groups in total. The van der Waals surface area contributed by atoms with Gasteiger partial charge in [0, 0.05) is 23.9 Å². The average Bonchev–Trinajstić information content (AvgIpc) is 2.68. The van der Waals surface area contributed by atoms with E-state index in [1.54, 1.807) is 0 Å². The molecule has 4 nitrogen and oxygen atoms in total. The number of carboxylic acid groups (broad SMARTS) is 1. The van der Waals surface area contributed by atoms with Crippen LogP contribution in [0.2, 0.25) is 0 Å². The highest BCUT2D eigenvalue weighted by molar-refractivity contribution is 7.99. The summed E-state index contributed by atoms with van der Waals surface area (Å²) < 4.78 is 2.19. The lowest BCUT2D eigenvalue weighted by Gasteiger charge is -2.25. The summed E-state index contributed by atoms with van der Waals surface area (Å²) in [5.74, 6) is 0.354. The predicted octanol–water partition coefficient (Wildman–Crippen LogP) is 3.65. The first-order valence-corrected chi connectivity index (χ1v) is 8.02. The Balaban J connectivity index is 3.06. The molecule has 0 spiro atoms. The molecule has 1 aromatic heterocycles. The Labute approximate surface area is 126 Å². The smallest absolute Gasteiger partial charge is 0.313 e. The first-order valence-electron chi connectivity index (χ1n) is 7.03. The van der Waals surface area contributed by atoms with E-state index in [1.807, 2.05) is 6.20 Å². The van der Waals surface area contributed by atoms with Crippen LogP contribution in [0.15, 0.2) is 11.4 Å². The second-order valence-corrected chi connectivity index (χ2v) is 7.63. The molecule has 1 atom stereocenters. The van der Waals surface area contributed by atoms with E-state index in [0.29, 0.717) is 11.8 Å². The molecule has 0 amide bonds. The van der Waals surface area contributed by atoms with E-state index in [4.69, 9.17) is 5.11 Å². The largest absolute Gasteiger partial charge is 0.481 e. The molecule has 0 radical (unpaired) electrons. The summed E-state index contributed by atoms with van der Waals surface area (Å²) in [5, 5.41) is 9.65. The van der Waals surface area contributed by atoms with E-state index in [2.05, 4.69) is 51.1 Å². The third-order valence-electron chi connectivity index (χ3n) is 3.52. The van der Waals surface area contributed by atoms with Crippen molar-refractivity contribution in [2.24, 2.45) is 11.8 Å². The normalized spacial score (nSPS) is 13.8. The van der Waals surface area contributed by atoms with Crippen LogP contribution in [0.25, 0.3) is 0 Å². The molecule has 0 saturated heterocycles. The number of aromatic nitrogens is 2. The third kappa shape index (κ3) is 4.54. The number of hydrogen-bond donors (Lipinski definition) is 1. The molecule has 20 heavy (non-hydrogen) atoms. The van der Waals surface area contributed by atoms with Gasteiger partial charge < -0.3 is 9.67 Å². The summed E-state index contributed by atoms with van der Waals surface area (Å²) in [5.41, 5.74) is 1.17. The second kappa shape index (κ2) is 6.66. The minimum atomic E-state index is -0.807. The van der Waals surface area contributed by atoms with Gasteiger partial charge in [-0.1, -0.05) is 53.3 Å². The van der Waals surface area contributed by atoms with Crippen LogP contribution in [0.5, 0.6) is 0 Å². The molecule has 0 aliphatic heterocycles. The quantitative estimate of drug-likeness (QED) is 0.814. The van der Waals surface area contributed by atoms with E-state index in [9.17, 15) is 4.79 Å². The zero-order valence-corrected chi connectivity index (χ0v) is 14.1. The topological polar surface area (TPSA) is 55.1 Å². The fraction of sp³-hybridized carbons (Fsp3) is 0.733. The summed E-state index contributed by atoms with van der Waals surface area (Å²) in [6, 6.07) is 0. The Morgan fingerprint density at radius 1 is 1.40 bits per heavy atom. The van der Waals surface area contributed by atoms with Gasteiger partial charge in [-0.25, -0.2) is 4.98 Å². The molecule has 5 heteroatoms. The standard InChI is InChI=1S/C15H26N2O2S/c1-10(2)11(3)8-17-12(15(4,5)6)7-16-14(17)20-9-13(18)19/h7,10-11H,8-9H2,1-6H3,(H,18,19). The third-order valence-corrected chi connectivity index (χ3v) is 4.50. The minimum absolute atomic E-state index is 0.00569. The SMILES string of the molecule is CC(C)C(C)Cn1c(C(C)(C)C)cnc1SCC(=O)O. The van der Waals surface area contributed by atoms with Crippen molar-refractivity contribution in [3.05, 3.63) is 11.9 Å². The van der Waals surface area contributed by atoms with Gasteiger partial charge in [-0.05, 0) is 11.8 Å². The Morgan fingerprint density at radius 3 is 2.45 bits per heavy atom. The molecule has 1 unspecified atom stereocenters. The molecule has 1 rings (SSSR count). The second-order valence-electron chi connectivity index (χ2n) is 6.69. The summed E-state index contributed by atoms with van der Waals surface area (Å²) >= 11 is 1.30. The van der Waals surface area contributed by atoms with Gasteiger partial charge in [-0.3, -0.25) is 4.79 Å². The number of nitrogens with zero attached hydrogens (tertiary/aromatic N) is 2. The zero-order chi connectivity index (χ0) is 15.5. The maximum Gasteiger partial charge on any atom is 0.313 e. The van der Waals surface area contributed by atoms with Gasteiger partial charge in [-0.15, -0.1) is 0 Å². The monoisotopic (exact) mass is 298 g/mol. The maximum atomic E-state index is 10.8. The van der Waals surface area contributed by atoms with Gasteiger partial charge in [-0.2, -0.15) is 0 Å². The van der Waals surface area contributed by atoms with Crippen molar-refractivity contribution in [1.82, 2.24) is 9.55 Å². The lowest BCUT2D eigenvalue weighted by atomic mass is 9.91. The first kappa shape index (κ1) is 17.1. The van der Waals surface area contributed by atoms with Crippen molar-refractivity contribution in [3.8, 4) is 0 Å². The number of thioether (sulfide) groups is 1. The lowest BCUT2D eigenvalue weighted by molar-refractivity contribution is -0.133. The number of hydrogen-bond acceptors (Lipinski definition) is 3. The summed E-state index contributed by atoms with van der Waals surface area (Å²) in [4.78, 5) is 15.2. The highest BCUT2D eigenvalue weighted by Crippen LogP contribution is 2.29. The number of rotatable bonds is 6. The number of carbonyl (C=O) groups is 1. The number of aliphatic carboxylic acids is 1. The average molecular weight is 298 g/mol. The van der Waals surface area contributed by atoms with E-state index in [-0.39, 0.29) is 11.2 Å². The Hall–Kier alpha value is -0.970. The van der Waals surface area contributed by atoms with Crippen molar-refractivity contribution in [2.75, 3.05) is 5.75 Å². The molecule has 0 saturated carbocycles. The summed E-state index contributed by atoms with van der Waals surface area (Å²) in [7, 11) is 0. The fourth-order valence-electron chi connectivity index (χ4n) is 1.87.